The van der Waals surface area contributed by atoms with E-state index in [1.54, 1.807) is 28.5 Å². The third-order valence-electron chi connectivity index (χ3n) is 3.97. The molecule has 8 heteroatoms. The van der Waals surface area contributed by atoms with Gasteiger partial charge < -0.3 is 9.88 Å². The van der Waals surface area contributed by atoms with Gasteiger partial charge in [0, 0.05) is 25.0 Å². The lowest BCUT2D eigenvalue weighted by Crippen LogP contribution is -2.36. The van der Waals surface area contributed by atoms with Gasteiger partial charge in [0.1, 0.15) is 0 Å². The lowest BCUT2D eigenvalue weighted by Gasteiger charge is -2.12. The Labute approximate surface area is 160 Å². The van der Waals surface area contributed by atoms with Crippen molar-refractivity contribution in [1.29, 1.82) is 0 Å². The molecule has 0 radical (unpaired) electrons. The quantitative estimate of drug-likeness (QED) is 0.559. The Morgan fingerprint density at radius 2 is 2.07 bits per heavy atom. The number of aromatic nitrogens is 5. The maximum absolute atomic E-state index is 12.7. The SMILES string of the molecule is CC(Cn1ccnc1)NC(=O)c1nc(-c2cccs2)n(-c2ccccc2)n1. The fraction of sp³-hybridized carbons (Fsp3) is 0.158. The van der Waals surface area contributed by atoms with Gasteiger partial charge in [-0.25, -0.2) is 14.6 Å². The van der Waals surface area contributed by atoms with Gasteiger partial charge in [0.25, 0.3) is 5.91 Å². The first-order chi connectivity index (χ1) is 13.2. The molecule has 1 atom stereocenters. The van der Waals surface area contributed by atoms with Gasteiger partial charge in [-0.05, 0) is 30.5 Å². The van der Waals surface area contributed by atoms with E-state index in [1.807, 2.05) is 65.5 Å². The van der Waals surface area contributed by atoms with Crippen LogP contribution >= 0.6 is 11.3 Å². The standard InChI is InChI=1S/C19H18N6OS/c1-14(12-24-10-9-20-13-24)21-19(26)17-22-18(16-8-5-11-27-16)25(23-17)15-6-3-2-4-7-15/h2-11,13-14H,12H2,1H3,(H,21,26). The maximum Gasteiger partial charge on any atom is 0.291 e. The largest absolute Gasteiger partial charge is 0.345 e. The van der Waals surface area contributed by atoms with Crippen molar-refractivity contribution < 1.29 is 4.79 Å². The van der Waals surface area contributed by atoms with Crippen LogP contribution in [0.2, 0.25) is 0 Å². The van der Waals surface area contributed by atoms with E-state index in [2.05, 4.69) is 20.4 Å². The zero-order valence-corrected chi connectivity index (χ0v) is 15.5. The maximum atomic E-state index is 12.7. The van der Waals surface area contributed by atoms with Gasteiger partial charge in [0.15, 0.2) is 5.82 Å². The van der Waals surface area contributed by atoms with Gasteiger partial charge in [-0.15, -0.1) is 16.4 Å². The van der Waals surface area contributed by atoms with E-state index in [0.717, 1.165) is 10.6 Å². The number of nitrogens with zero attached hydrogens (tertiary/aromatic N) is 5. The molecular weight excluding hydrogens is 360 g/mol. The van der Waals surface area contributed by atoms with Crippen LogP contribution in [-0.2, 0) is 6.54 Å². The van der Waals surface area contributed by atoms with Gasteiger partial charge in [0.05, 0.1) is 16.9 Å². The highest BCUT2D eigenvalue weighted by Crippen LogP contribution is 2.25. The Kier molecular flexibility index (Phi) is 4.80. The van der Waals surface area contributed by atoms with Gasteiger partial charge in [-0.1, -0.05) is 24.3 Å². The first-order valence-electron chi connectivity index (χ1n) is 8.53. The highest BCUT2D eigenvalue weighted by Gasteiger charge is 2.20. The predicted octanol–water partition coefficient (Wildman–Crippen LogP) is 3.01. The van der Waals surface area contributed by atoms with Crippen LogP contribution in [0.1, 0.15) is 17.5 Å². The Balaban J connectivity index is 1.60. The van der Waals surface area contributed by atoms with Crippen LogP contribution in [-0.4, -0.2) is 36.3 Å². The van der Waals surface area contributed by atoms with E-state index in [-0.39, 0.29) is 17.8 Å². The topological polar surface area (TPSA) is 77.6 Å². The summed E-state index contributed by atoms with van der Waals surface area (Å²) in [5.41, 5.74) is 0.860. The molecule has 0 aliphatic heterocycles. The molecule has 0 aliphatic rings. The number of thiophene rings is 1. The van der Waals surface area contributed by atoms with Crippen molar-refractivity contribution >= 4 is 17.2 Å². The van der Waals surface area contributed by atoms with Gasteiger partial charge >= 0.3 is 0 Å². The fourth-order valence-corrected chi connectivity index (χ4v) is 3.47. The van der Waals surface area contributed by atoms with E-state index in [0.29, 0.717) is 12.4 Å². The van der Waals surface area contributed by atoms with Crippen LogP contribution < -0.4 is 5.32 Å². The number of carbonyl (C=O) groups excluding carboxylic acids is 1. The summed E-state index contributed by atoms with van der Waals surface area (Å²) >= 11 is 1.56. The molecule has 0 aliphatic carbocycles. The molecule has 3 aromatic heterocycles. The smallest absolute Gasteiger partial charge is 0.291 e. The average Bonchev–Trinajstić information content (AvgIpc) is 3.43. The second-order valence-electron chi connectivity index (χ2n) is 6.12. The predicted molar refractivity (Wildman–Crippen MR) is 104 cm³/mol. The molecule has 3 heterocycles. The summed E-state index contributed by atoms with van der Waals surface area (Å²) < 4.78 is 3.62. The number of amides is 1. The van der Waals surface area contributed by atoms with Crippen LogP contribution in [0.3, 0.4) is 0 Å². The van der Waals surface area contributed by atoms with Crippen molar-refractivity contribution in [2.75, 3.05) is 0 Å². The molecule has 7 nitrogen and oxygen atoms in total. The number of carbonyl (C=O) groups is 1. The van der Waals surface area contributed by atoms with E-state index in [1.165, 1.54) is 0 Å². The summed E-state index contributed by atoms with van der Waals surface area (Å²) in [5.74, 6) is 0.512. The minimum Gasteiger partial charge on any atom is -0.345 e. The molecule has 0 saturated carbocycles. The second kappa shape index (κ2) is 7.55. The van der Waals surface area contributed by atoms with Crippen LogP contribution in [0.4, 0.5) is 0 Å². The zero-order chi connectivity index (χ0) is 18.6. The molecule has 1 N–H and O–H groups in total. The molecule has 0 spiro atoms. The fourth-order valence-electron chi connectivity index (χ4n) is 2.77. The molecule has 1 unspecified atom stereocenters. The molecule has 4 aromatic rings. The number of rotatable bonds is 6. The van der Waals surface area contributed by atoms with Crippen LogP contribution in [0.5, 0.6) is 0 Å². The van der Waals surface area contributed by atoms with E-state index in [4.69, 9.17) is 0 Å². The summed E-state index contributed by atoms with van der Waals surface area (Å²) in [6.07, 6.45) is 5.30. The molecule has 4 rings (SSSR count). The molecule has 27 heavy (non-hydrogen) atoms. The average molecular weight is 378 g/mol. The Bertz CT molecular complexity index is 1010. The second-order valence-corrected chi connectivity index (χ2v) is 7.07. The monoisotopic (exact) mass is 378 g/mol. The van der Waals surface area contributed by atoms with Crippen molar-refractivity contribution in [1.82, 2.24) is 29.6 Å². The van der Waals surface area contributed by atoms with Crippen LogP contribution in [0.15, 0.2) is 66.6 Å². The molecule has 0 saturated heterocycles. The summed E-state index contributed by atoms with van der Waals surface area (Å²) in [5, 5.41) is 9.40. The normalized spacial score (nSPS) is 12.0. The Hall–Kier alpha value is -3.26. The lowest BCUT2D eigenvalue weighted by atomic mass is 10.3. The minimum atomic E-state index is -0.296. The van der Waals surface area contributed by atoms with Gasteiger partial charge in [0.2, 0.25) is 5.82 Å². The molecule has 1 amide bonds. The highest BCUT2D eigenvalue weighted by molar-refractivity contribution is 7.13. The number of benzene rings is 1. The zero-order valence-electron chi connectivity index (χ0n) is 14.7. The van der Waals surface area contributed by atoms with Crippen molar-refractivity contribution in [2.45, 2.75) is 19.5 Å². The molecular formula is C19H18N6OS. The molecule has 136 valence electrons. The molecule has 0 fully saturated rings. The summed E-state index contributed by atoms with van der Waals surface area (Å²) in [6, 6.07) is 13.5. The Morgan fingerprint density at radius 3 is 2.78 bits per heavy atom. The van der Waals surface area contributed by atoms with Crippen molar-refractivity contribution in [3.05, 3.63) is 72.4 Å². The lowest BCUT2D eigenvalue weighted by molar-refractivity contribution is 0.0926. The number of imidazole rings is 1. The van der Waals surface area contributed by atoms with Crippen molar-refractivity contribution in [3.63, 3.8) is 0 Å². The van der Waals surface area contributed by atoms with Crippen LogP contribution in [0, 0.1) is 0 Å². The van der Waals surface area contributed by atoms with Crippen LogP contribution in [0.25, 0.3) is 16.4 Å². The third-order valence-corrected chi connectivity index (χ3v) is 4.84. The van der Waals surface area contributed by atoms with Gasteiger partial charge in [-0.2, -0.15) is 0 Å². The first kappa shape index (κ1) is 17.2. The van der Waals surface area contributed by atoms with Crippen molar-refractivity contribution in [2.24, 2.45) is 0 Å². The molecule has 1 aromatic carbocycles. The number of hydrogen-bond donors (Lipinski definition) is 1. The number of nitrogens with one attached hydrogen (secondary N) is 1. The highest BCUT2D eigenvalue weighted by atomic mass is 32.1. The molecule has 0 bridgehead atoms. The summed E-state index contributed by atoms with van der Waals surface area (Å²) in [7, 11) is 0. The van der Waals surface area contributed by atoms with Crippen molar-refractivity contribution in [3.8, 4) is 16.4 Å². The van der Waals surface area contributed by atoms with E-state index < -0.39 is 0 Å². The number of para-hydroxylation sites is 1. The summed E-state index contributed by atoms with van der Waals surface area (Å²) in [4.78, 5) is 22.2. The third kappa shape index (κ3) is 3.80. The first-order valence-corrected chi connectivity index (χ1v) is 9.41. The minimum absolute atomic E-state index is 0.0828. The summed E-state index contributed by atoms with van der Waals surface area (Å²) in [6.45, 7) is 2.56. The van der Waals surface area contributed by atoms with Gasteiger partial charge in [-0.3, -0.25) is 4.79 Å². The Morgan fingerprint density at radius 1 is 1.22 bits per heavy atom. The van der Waals surface area contributed by atoms with E-state index >= 15 is 0 Å². The number of hydrogen-bond acceptors (Lipinski definition) is 5. The van der Waals surface area contributed by atoms with E-state index in [9.17, 15) is 4.79 Å².